The molecule has 0 radical (unpaired) electrons. The van der Waals surface area contributed by atoms with E-state index in [0.717, 1.165) is 38.9 Å². The van der Waals surface area contributed by atoms with E-state index in [1.165, 1.54) is 5.56 Å². The maximum atomic E-state index is 8.56. The summed E-state index contributed by atoms with van der Waals surface area (Å²) in [4.78, 5) is 0. The molecule has 1 N–H and O–H groups in total. The van der Waals surface area contributed by atoms with Crippen molar-refractivity contribution in [1.29, 1.82) is 0 Å². The van der Waals surface area contributed by atoms with E-state index in [0.29, 0.717) is 0 Å². The van der Waals surface area contributed by atoms with Crippen LogP contribution in [0.1, 0.15) is 24.8 Å². The number of benzene rings is 1. The Kier molecular flexibility index (Phi) is 6.88. The average Bonchev–Trinajstić information content (AvgIpc) is 2.29. The van der Waals surface area contributed by atoms with Gasteiger partial charge in [-0.05, 0) is 31.2 Å². The molecule has 0 heterocycles. The third kappa shape index (κ3) is 6.26. The van der Waals surface area contributed by atoms with Gasteiger partial charge in [-0.25, -0.2) is 0 Å². The summed E-state index contributed by atoms with van der Waals surface area (Å²) in [6, 6.07) is 10.5. The molecule has 0 aliphatic rings. The van der Waals surface area contributed by atoms with E-state index >= 15 is 0 Å². The molecule has 0 aliphatic heterocycles. The minimum atomic E-state index is 0.271. The first-order valence-corrected chi connectivity index (χ1v) is 5.66. The number of ether oxygens (including phenoxy) is 1. The summed E-state index contributed by atoms with van der Waals surface area (Å²) >= 11 is 0. The van der Waals surface area contributed by atoms with Gasteiger partial charge in [-0.2, -0.15) is 0 Å². The quantitative estimate of drug-likeness (QED) is 0.665. The van der Waals surface area contributed by atoms with Crippen molar-refractivity contribution in [3.8, 4) is 0 Å². The van der Waals surface area contributed by atoms with E-state index < -0.39 is 0 Å². The fourth-order valence-electron chi connectivity index (χ4n) is 1.44. The number of hydrogen-bond donors (Lipinski definition) is 1. The number of aryl methyl sites for hydroxylation is 1. The largest absolute Gasteiger partial charge is 0.396 e. The maximum absolute atomic E-state index is 8.56. The zero-order valence-electron chi connectivity index (χ0n) is 9.19. The third-order valence-electron chi connectivity index (χ3n) is 2.29. The Balaban J connectivity index is 1.93. The van der Waals surface area contributed by atoms with Crippen molar-refractivity contribution >= 4 is 0 Å². The van der Waals surface area contributed by atoms with Crippen molar-refractivity contribution in [1.82, 2.24) is 0 Å². The predicted molar refractivity (Wildman–Crippen MR) is 61.9 cm³/mol. The van der Waals surface area contributed by atoms with Crippen molar-refractivity contribution < 1.29 is 9.84 Å². The summed E-state index contributed by atoms with van der Waals surface area (Å²) in [5, 5.41) is 8.56. The number of rotatable bonds is 8. The molecule has 15 heavy (non-hydrogen) atoms. The minimum Gasteiger partial charge on any atom is -0.396 e. The molecule has 2 nitrogen and oxygen atoms in total. The predicted octanol–water partition coefficient (Wildman–Crippen LogP) is 2.41. The first kappa shape index (κ1) is 12.2. The molecule has 0 saturated carbocycles. The molecule has 0 spiro atoms. The van der Waals surface area contributed by atoms with E-state index in [2.05, 4.69) is 24.3 Å². The summed E-state index contributed by atoms with van der Waals surface area (Å²) < 4.78 is 5.45. The number of hydrogen-bond acceptors (Lipinski definition) is 2. The lowest BCUT2D eigenvalue weighted by Gasteiger charge is -2.03. The summed E-state index contributed by atoms with van der Waals surface area (Å²) in [7, 11) is 0. The average molecular weight is 208 g/mol. The molecule has 0 saturated heterocycles. The van der Waals surface area contributed by atoms with Crippen LogP contribution in [0.25, 0.3) is 0 Å². The van der Waals surface area contributed by atoms with Gasteiger partial charge in [0.1, 0.15) is 0 Å². The van der Waals surface area contributed by atoms with Crippen LogP contribution in [0.5, 0.6) is 0 Å². The van der Waals surface area contributed by atoms with Gasteiger partial charge >= 0.3 is 0 Å². The Bertz CT molecular complexity index is 234. The standard InChI is InChI=1S/C13H20O2/c14-10-4-5-11-15-12-6-9-13-7-2-1-3-8-13/h1-3,7-8,14H,4-6,9-12H2. The van der Waals surface area contributed by atoms with E-state index in [1.54, 1.807) is 0 Å². The first-order valence-electron chi connectivity index (χ1n) is 5.66. The lowest BCUT2D eigenvalue weighted by atomic mass is 10.1. The lowest BCUT2D eigenvalue weighted by molar-refractivity contribution is 0.123. The molecule has 0 bridgehead atoms. The van der Waals surface area contributed by atoms with Crippen LogP contribution in [0, 0.1) is 0 Å². The molecule has 0 aliphatic carbocycles. The van der Waals surface area contributed by atoms with Crippen molar-refractivity contribution in [2.45, 2.75) is 25.7 Å². The Morgan fingerprint density at radius 1 is 0.933 bits per heavy atom. The van der Waals surface area contributed by atoms with Crippen LogP contribution < -0.4 is 0 Å². The van der Waals surface area contributed by atoms with Gasteiger partial charge in [0, 0.05) is 19.8 Å². The molecule has 1 aromatic rings. The Labute approximate surface area is 91.9 Å². The van der Waals surface area contributed by atoms with Gasteiger partial charge in [0.25, 0.3) is 0 Å². The van der Waals surface area contributed by atoms with Gasteiger partial charge in [0.05, 0.1) is 0 Å². The highest BCUT2D eigenvalue weighted by atomic mass is 16.5. The fourth-order valence-corrected chi connectivity index (χ4v) is 1.44. The van der Waals surface area contributed by atoms with Crippen LogP contribution in [0.4, 0.5) is 0 Å². The molecule has 1 aromatic carbocycles. The smallest absolute Gasteiger partial charge is 0.0469 e. The van der Waals surface area contributed by atoms with Crippen molar-refractivity contribution in [3.63, 3.8) is 0 Å². The van der Waals surface area contributed by atoms with Crippen LogP contribution in [-0.2, 0) is 11.2 Å². The molecular weight excluding hydrogens is 188 g/mol. The molecule has 0 atom stereocenters. The molecule has 84 valence electrons. The summed E-state index contributed by atoms with van der Waals surface area (Å²) in [6.07, 6.45) is 3.96. The Morgan fingerprint density at radius 2 is 1.67 bits per heavy atom. The van der Waals surface area contributed by atoms with Crippen molar-refractivity contribution in [2.24, 2.45) is 0 Å². The molecule has 0 amide bonds. The van der Waals surface area contributed by atoms with Crippen molar-refractivity contribution in [2.75, 3.05) is 19.8 Å². The molecule has 0 aromatic heterocycles. The topological polar surface area (TPSA) is 29.5 Å². The highest BCUT2D eigenvalue weighted by Crippen LogP contribution is 2.02. The molecule has 0 fully saturated rings. The molecule has 1 rings (SSSR count). The first-order chi connectivity index (χ1) is 7.43. The third-order valence-corrected chi connectivity index (χ3v) is 2.29. The maximum Gasteiger partial charge on any atom is 0.0469 e. The summed E-state index contributed by atoms with van der Waals surface area (Å²) in [6.45, 7) is 1.86. The van der Waals surface area contributed by atoms with Crippen LogP contribution in [0.2, 0.25) is 0 Å². The van der Waals surface area contributed by atoms with Crippen LogP contribution >= 0.6 is 0 Å². The number of aliphatic hydroxyl groups excluding tert-OH is 1. The van der Waals surface area contributed by atoms with Gasteiger partial charge < -0.3 is 9.84 Å². The van der Waals surface area contributed by atoms with Gasteiger partial charge in [-0.15, -0.1) is 0 Å². The number of unbranched alkanes of at least 4 members (excludes halogenated alkanes) is 1. The van der Waals surface area contributed by atoms with Gasteiger partial charge in [0.15, 0.2) is 0 Å². The Morgan fingerprint density at radius 3 is 2.40 bits per heavy atom. The fraction of sp³-hybridized carbons (Fsp3) is 0.538. The van der Waals surface area contributed by atoms with Gasteiger partial charge in [-0.3, -0.25) is 0 Å². The summed E-state index contributed by atoms with van der Waals surface area (Å²) in [5.74, 6) is 0. The van der Waals surface area contributed by atoms with E-state index in [-0.39, 0.29) is 6.61 Å². The zero-order valence-corrected chi connectivity index (χ0v) is 9.19. The second kappa shape index (κ2) is 8.45. The summed E-state index contributed by atoms with van der Waals surface area (Å²) in [5.41, 5.74) is 1.37. The van der Waals surface area contributed by atoms with E-state index in [9.17, 15) is 0 Å². The normalized spacial score (nSPS) is 10.5. The second-order valence-corrected chi connectivity index (χ2v) is 3.63. The highest BCUT2D eigenvalue weighted by molar-refractivity contribution is 5.14. The highest BCUT2D eigenvalue weighted by Gasteiger charge is 1.92. The lowest BCUT2D eigenvalue weighted by Crippen LogP contribution is -1.99. The minimum absolute atomic E-state index is 0.271. The SMILES string of the molecule is OCCCCOCCCc1ccccc1. The Hall–Kier alpha value is -0.860. The zero-order chi connectivity index (χ0) is 10.8. The molecular formula is C13H20O2. The monoisotopic (exact) mass is 208 g/mol. The van der Waals surface area contributed by atoms with Gasteiger partial charge in [0.2, 0.25) is 0 Å². The van der Waals surface area contributed by atoms with Crippen LogP contribution in [-0.4, -0.2) is 24.9 Å². The van der Waals surface area contributed by atoms with E-state index in [1.807, 2.05) is 6.07 Å². The van der Waals surface area contributed by atoms with Crippen molar-refractivity contribution in [3.05, 3.63) is 35.9 Å². The number of aliphatic hydroxyl groups is 1. The van der Waals surface area contributed by atoms with Crippen LogP contribution in [0.3, 0.4) is 0 Å². The van der Waals surface area contributed by atoms with Gasteiger partial charge in [-0.1, -0.05) is 30.3 Å². The molecule has 0 unspecified atom stereocenters. The van der Waals surface area contributed by atoms with E-state index in [4.69, 9.17) is 9.84 Å². The molecule has 2 heteroatoms. The van der Waals surface area contributed by atoms with Crippen LogP contribution in [0.15, 0.2) is 30.3 Å². The second-order valence-electron chi connectivity index (χ2n) is 3.63.